The first-order chi connectivity index (χ1) is 9.33. The van der Waals surface area contributed by atoms with Crippen molar-refractivity contribution in [1.29, 1.82) is 0 Å². The average molecular weight is 268 g/mol. The van der Waals surface area contributed by atoms with E-state index in [1.165, 1.54) is 12.8 Å². The molecule has 2 unspecified atom stereocenters. The molecular formula is C12H20N4O3. The molecule has 1 aromatic rings. The highest BCUT2D eigenvalue weighted by Gasteiger charge is 2.25. The normalized spacial score (nSPS) is 26.7. The highest BCUT2D eigenvalue weighted by atomic mass is 16.6. The molecule has 19 heavy (non-hydrogen) atoms. The summed E-state index contributed by atoms with van der Waals surface area (Å²) in [5.74, 6) is 1.02. The third-order valence-electron chi connectivity index (χ3n) is 3.53. The van der Waals surface area contributed by atoms with Crippen LogP contribution in [-0.2, 0) is 9.47 Å². The minimum atomic E-state index is -0.256. The van der Waals surface area contributed by atoms with Crippen molar-refractivity contribution < 1.29 is 14.0 Å². The van der Waals surface area contributed by atoms with E-state index in [4.69, 9.17) is 19.7 Å². The van der Waals surface area contributed by atoms with Gasteiger partial charge in [0.2, 0.25) is 0 Å². The third-order valence-corrected chi connectivity index (χ3v) is 3.53. The molecule has 0 aromatic carbocycles. The van der Waals surface area contributed by atoms with E-state index in [0.29, 0.717) is 31.5 Å². The molecule has 1 aromatic heterocycles. The molecule has 0 aliphatic carbocycles. The first-order valence-corrected chi connectivity index (χ1v) is 6.84. The lowest BCUT2D eigenvalue weighted by atomic mass is 10.2. The fraction of sp³-hybridized carbons (Fsp3) is 0.833. The lowest BCUT2D eigenvalue weighted by molar-refractivity contribution is -0.101. The van der Waals surface area contributed by atoms with Crippen molar-refractivity contribution in [3.8, 4) is 0 Å². The number of ether oxygens (including phenoxy) is 2. The minimum Gasteiger partial charge on any atom is -0.376 e. The second-order valence-electron chi connectivity index (χ2n) is 5.04. The van der Waals surface area contributed by atoms with E-state index < -0.39 is 0 Å². The molecule has 2 fully saturated rings. The van der Waals surface area contributed by atoms with Crippen molar-refractivity contribution in [2.75, 3.05) is 39.5 Å². The zero-order valence-corrected chi connectivity index (χ0v) is 11.0. The number of nitrogens with zero attached hydrogens (tertiary/aromatic N) is 3. The molecule has 2 atom stereocenters. The first kappa shape index (κ1) is 13.0. The summed E-state index contributed by atoms with van der Waals surface area (Å²) < 4.78 is 16.1. The van der Waals surface area contributed by atoms with Crippen molar-refractivity contribution in [2.24, 2.45) is 5.73 Å². The molecule has 2 aliphatic rings. The van der Waals surface area contributed by atoms with E-state index in [2.05, 4.69) is 15.0 Å². The summed E-state index contributed by atoms with van der Waals surface area (Å²) in [4.78, 5) is 6.68. The number of rotatable bonds is 4. The van der Waals surface area contributed by atoms with Crippen LogP contribution in [0, 0.1) is 0 Å². The van der Waals surface area contributed by atoms with Crippen molar-refractivity contribution in [1.82, 2.24) is 15.0 Å². The molecule has 3 heterocycles. The van der Waals surface area contributed by atoms with Crippen LogP contribution >= 0.6 is 0 Å². The molecule has 0 bridgehead atoms. The Balaban J connectivity index is 1.59. The standard InChI is InChI=1S/C12H20N4O3/c13-9(7-16-3-1-2-4-16)11-14-12(19-15-11)10-8-17-5-6-18-10/h9-10H,1-8,13H2. The van der Waals surface area contributed by atoms with Gasteiger partial charge in [-0.3, -0.25) is 0 Å². The topological polar surface area (TPSA) is 86.6 Å². The van der Waals surface area contributed by atoms with E-state index >= 15 is 0 Å². The van der Waals surface area contributed by atoms with Gasteiger partial charge in [0.15, 0.2) is 11.9 Å². The summed E-state index contributed by atoms with van der Waals surface area (Å²) >= 11 is 0. The van der Waals surface area contributed by atoms with E-state index in [-0.39, 0.29) is 12.1 Å². The van der Waals surface area contributed by atoms with Gasteiger partial charge in [0, 0.05) is 6.54 Å². The number of aromatic nitrogens is 2. The van der Waals surface area contributed by atoms with Crippen LogP contribution in [0.25, 0.3) is 0 Å². The largest absolute Gasteiger partial charge is 0.376 e. The van der Waals surface area contributed by atoms with Gasteiger partial charge in [0.25, 0.3) is 5.89 Å². The smallest absolute Gasteiger partial charge is 0.258 e. The molecular weight excluding hydrogens is 248 g/mol. The van der Waals surface area contributed by atoms with E-state index in [9.17, 15) is 0 Å². The molecule has 2 saturated heterocycles. The van der Waals surface area contributed by atoms with Crippen molar-refractivity contribution in [3.05, 3.63) is 11.7 Å². The summed E-state index contributed by atoms with van der Waals surface area (Å²) in [6, 6.07) is -0.208. The van der Waals surface area contributed by atoms with Crippen LogP contribution in [0.15, 0.2) is 4.52 Å². The van der Waals surface area contributed by atoms with Crippen LogP contribution < -0.4 is 5.73 Å². The molecule has 7 heteroatoms. The number of likely N-dealkylation sites (tertiary alicyclic amines) is 1. The van der Waals surface area contributed by atoms with Crippen LogP contribution in [0.2, 0.25) is 0 Å². The summed E-state index contributed by atoms with van der Waals surface area (Å²) in [5.41, 5.74) is 6.12. The highest BCUT2D eigenvalue weighted by Crippen LogP contribution is 2.20. The second kappa shape index (κ2) is 5.96. The Bertz CT molecular complexity index is 399. The SMILES string of the molecule is NC(CN1CCCC1)c1noc(C2COCCO2)n1. The van der Waals surface area contributed by atoms with Crippen molar-refractivity contribution in [2.45, 2.75) is 25.0 Å². The highest BCUT2D eigenvalue weighted by molar-refractivity contribution is 4.97. The lowest BCUT2D eigenvalue weighted by Gasteiger charge is -2.19. The predicted molar refractivity (Wildman–Crippen MR) is 66.4 cm³/mol. The average Bonchev–Trinajstić information content (AvgIpc) is 3.10. The van der Waals surface area contributed by atoms with E-state index in [1.54, 1.807) is 0 Å². The Morgan fingerprint density at radius 3 is 2.89 bits per heavy atom. The maximum Gasteiger partial charge on any atom is 0.258 e. The van der Waals surface area contributed by atoms with Gasteiger partial charge in [-0.2, -0.15) is 4.98 Å². The fourth-order valence-corrected chi connectivity index (χ4v) is 2.48. The maximum absolute atomic E-state index is 6.12. The summed E-state index contributed by atoms with van der Waals surface area (Å²) in [6.07, 6.45) is 2.24. The monoisotopic (exact) mass is 268 g/mol. The van der Waals surface area contributed by atoms with Gasteiger partial charge in [-0.1, -0.05) is 5.16 Å². The van der Waals surface area contributed by atoms with Crippen LogP contribution in [0.1, 0.15) is 36.7 Å². The van der Waals surface area contributed by atoms with E-state index in [0.717, 1.165) is 19.6 Å². The molecule has 0 spiro atoms. The molecule has 0 radical (unpaired) electrons. The Labute approximate surface area is 112 Å². The fourth-order valence-electron chi connectivity index (χ4n) is 2.48. The van der Waals surface area contributed by atoms with Gasteiger partial charge in [-0.15, -0.1) is 0 Å². The Hall–Kier alpha value is -1.02. The minimum absolute atomic E-state index is 0.208. The van der Waals surface area contributed by atoms with Gasteiger partial charge in [-0.25, -0.2) is 0 Å². The Morgan fingerprint density at radius 1 is 1.32 bits per heavy atom. The van der Waals surface area contributed by atoms with Gasteiger partial charge in [0.05, 0.1) is 25.9 Å². The summed E-state index contributed by atoms with van der Waals surface area (Å²) in [6.45, 7) is 4.63. The van der Waals surface area contributed by atoms with Crippen LogP contribution in [0.5, 0.6) is 0 Å². The third kappa shape index (κ3) is 3.11. The molecule has 3 rings (SSSR count). The molecule has 106 valence electrons. The molecule has 2 N–H and O–H groups in total. The Kier molecular flexibility index (Phi) is 4.07. The van der Waals surface area contributed by atoms with Crippen LogP contribution in [0.3, 0.4) is 0 Å². The summed E-state index contributed by atoms with van der Waals surface area (Å²) in [7, 11) is 0. The summed E-state index contributed by atoms with van der Waals surface area (Å²) in [5, 5.41) is 3.96. The van der Waals surface area contributed by atoms with E-state index in [1.807, 2.05) is 0 Å². The predicted octanol–water partition coefficient (Wildman–Crippen LogP) is 0.253. The van der Waals surface area contributed by atoms with Gasteiger partial charge >= 0.3 is 0 Å². The number of hydrogen-bond donors (Lipinski definition) is 1. The molecule has 7 nitrogen and oxygen atoms in total. The molecule has 0 amide bonds. The quantitative estimate of drug-likeness (QED) is 0.837. The maximum atomic E-state index is 6.12. The first-order valence-electron chi connectivity index (χ1n) is 6.84. The molecule has 0 saturated carbocycles. The van der Waals surface area contributed by atoms with Gasteiger partial charge < -0.3 is 24.6 Å². The number of nitrogens with two attached hydrogens (primary N) is 1. The lowest BCUT2D eigenvalue weighted by Crippen LogP contribution is -2.30. The van der Waals surface area contributed by atoms with Crippen LogP contribution in [-0.4, -0.2) is 54.5 Å². The Morgan fingerprint density at radius 2 is 2.16 bits per heavy atom. The molecule has 2 aliphatic heterocycles. The number of hydrogen-bond acceptors (Lipinski definition) is 7. The van der Waals surface area contributed by atoms with Crippen LogP contribution in [0.4, 0.5) is 0 Å². The zero-order valence-electron chi connectivity index (χ0n) is 11.0. The second-order valence-corrected chi connectivity index (χ2v) is 5.04. The van der Waals surface area contributed by atoms with Gasteiger partial charge in [0.1, 0.15) is 0 Å². The van der Waals surface area contributed by atoms with Gasteiger partial charge in [-0.05, 0) is 25.9 Å². The van der Waals surface area contributed by atoms with Crippen molar-refractivity contribution in [3.63, 3.8) is 0 Å². The zero-order chi connectivity index (χ0) is 13.1. The van der Waals surface area contributed by atoms with Crippen molar-refractivity contribution >= 4 is 0 Å².